The molecule has 0 aliphatic carbocycles. The van der Waals surface area contributed by atoms with Gasteiger partial charge in [-0.1, -0.05) is 437 Å². The molecule has 0 saturated carbocycles. The van der Waals surface area contributed by atoms with Gasteiger partial charge in [0.05, 0.1) is 0 Å². The van der Waals surface area contributed by atoms with Crippen molar-refractivity contribution in [1.29, 1.82) is 0 Å². The molecule has 0 radical (unpaired) electrons. The van der Waals surface area contributed by atoms with Crippen molar-refractivity contribution in [3.05, 3.63) is 473 Å². The lowest BCUT2D eigenvalue weighted by atomic mass is 9.79. The highest BCUT2D eigenvalue weighted by molar-refractivity contribution is 6.31. The quantitative estimate of drug-likeness (QED) is 0.107. The molecule has 0 aliphatic rings. The third kappa shape index (κ3) is 12.7. The standard InChI is InChI=1S/C64H42.C56H36/c1-3-23-43(24-4-1)45-27-7-9-29-47(45)49-31-11-13-33-51(49)61-53-35-15-19-39-57(53)63(58-40-20-16-36-54(58)61)64-59-41-21-17-37-55(59)62(56-38-18-22-42-60(56)64)52-34-14-12-32-50(52)48-30-10-8-28-46(48)44-25-5-2-6-26-44;1-4-14-42-31-45(28-23-37(42)11-1)40-21-26-41(27-22-40)55-51-17-7-9-19-53(51)56(54-20-10-8-18-52(54)55)50-35-48(46-29-24-38-12-2-5-15-43(38)32-46)34-49(36-50)47-30-25-39-13-3-6-16-44(39)33-47/h1-42H;1-36H. The summed E-state index contributed by atoms with van der Waals surface area (Å²) in [5.74, 6) is 0. The lowest BCUT2D eigenvalue weighted by Crippen LogP contribution is -1.96. The number of fused-ring (bicyclic) bond motifs is 9. The predicted molar refractivity (Wildman–Crippen MR) is 516 cm³/mol. The fourth-order valence-corrected chi connectivity index (χ4v) is 19.2. The van der Waals surface area contributed by atoms with Gasteiger partial charge < -0.3 is 0 Å². The Bertz CT molecular complexity index is 7430. The molecular weight excluding hydrogens is 1440 g/mol. The van der Waals surface area contributed by atoms with Crippen LogP contribution in [0.1, 0.15) is 0 Å². The molecule has 0 atom stereocenters. The van der Waals surface area contributed by atoms with E-state index < -0.39 is 0 Å². The van der Waals surface area contributed by atoms with Gasteiger partial charge in [-0.2, -0.15) is 0 Å². The van der Waals surface area contributed by atoms with Gasteiger partial charge in [0.25, 0.3) is 0 Å². The summed E-state index contributed by atoms with van der Waals surface area (Å²) in [4.78, 5) is 0. The summed E-state index contributed by atoms with van der Waals surface area (Å²) in [5.41, 5.74) is 29.5. The zero-order chi connectivity index (χ0) is 79.4. The van der Waals surface area contributed by atoms with Gasteiger partial charge in [-0.25, -0.2) is 0 Å². The second-order valence-electron chi connectivity index (χ2n) is 31.5. The van der Waals surface area contributed by atoms with E-state index in [2.05, 4.69) is 473 Å². The van der Waals surface area contributed by atoms with E-state index in [1.54, 1.807) is 0 Å². The molecule has 0 spiro atoms. The second kappa shape index (κ2) is 30.5. The van der Waals surface area contributed by atoms with Crippen LogP contribution in [0.3, 0.4) is 0 Å². The molecule has 0 bridgehead atoms. The molecule has 0 N–H and O–H groups in total. The summed E-state index contributed by atoms with van der Waals surface area (Å²) in [7, 11) is 0. The van der Waals surface area contributed by atoms with Crippen LogP contribution in [0.5, 0.6) is 0 Å². The summed E-state index contributed by atoms with van der Waals surface area (Å²) in [6.45, 7) is 0. The van der Waals surface area contributed by atoms with Crippen molar-refractivity contribution >= 4 is 97.0 Å². The highest BCUT2D eigenvalue weighted by Gasteiger charge is 2.27. The monoisotopic (exact) mass is 1520 g/mol. The van der Waals surface area contributed by atoms with Crippen molar-refractivity contribution in [2.75, 3.05) is 0 Å². The minimum atomic E-state index is 1.21. The van der Waals surface area contributed by atoms with E-state index in [0.717, 1.165) is 0 Å². The van der Waals surface area contributed by atoms with Crippen molar-refractivity contribution in [3.8, 4) is 134 Å². The number of hydrogen-bond acceptors (Lipinski definition) is 0. The fourth-order valence-electron chi connectivity index (χ4n) is 19.2. The van der Waals surface area contributed by atoms with Gasteiger partial charge in [-0.05, 0) is 267 Å². The van der Waals surface area contributed by atoms with E-state index in [9.17, 15) is 0 Å². The first-order valence-electron chi connectivity index (χ1n) is 41.6. The maximum atomic E-state index is 2.40. The molecule has 0 aliphatic heterocycles. The van der Waals surface area contributed by atoms with E-state index in [1.807, 2.05) is 0 Å². The number of benzene rings is 23. The van der Waals surface area contributed by atoms with E-state index >= 15 is 0 Å². The Hall–Kier alpha value is -15.6. The van der Waals surface area contributed by atoms with Crippen LogP contribution in [-0.2, 0) is 0 Å². The molecule has 0 amide bonds. The first-order valence-corrected chi connectivity index (χ1v) is 41.6. The van der Waals surface area contributed by atoms with Gasteiger partial charge >= 0.3 is 0 Å². The maximum absolute atomic E-state index is 2.40. The topological polar surface area (TPSA) is 0 Å². The molecule has 0 heteroatoms. The van der Waals surface area contributed by atoms with Crippen LogP contribution in [0, 0.1) is 0 Å². The molecule has 23 aromatic carbocycles. The molecular formula is C120H78. The number of rotatable bonds is 12. The van der Waals surface area contributed by atoms with Crippen LogP contribution in [-0.4, -0.2) is 0 Å². The Morgan fingerprint density at radius 2 is 0.292 bits per heavy atom. The lowest BCUT2D eigenvalue weighted by Gasteiger charge is -2.24. The summed E-state index contributed by atoms with van der Waals surface area (Å²) < 4.78 is 0. The second-order valence-corrected chi connectivity index (χ2v) is 31.5. The third-order valence-corrected chi connectivity index (χ3v) is 24.7. The van der Waals surface area contributed by atoms with Crippen LogP contribution in [0.25, 0.3) is 230 Å². The van der Waals surface area contributed by atoms with Crippen molar-refractivity contribution in [2.24, 2.45) is 0 Å². The molecule has 0 heterocycles. The first kappa shape index (κ1) is 71.0. The van der Waals surface area contributed by atoms with Crippen LogP contribution in [0.15, 0.2) is 473 Å². The van der Waals surface area contributed by atoms with Gasteiger partial charge in [0.1, 0.15) is 0 Å². The molecule has 0 saturated heterocycles. The molecule has 0 nitrogen and oxygen atoms in total. The summed E-state index contributed by atoms with van der Waals surface area (Å²) in [6, 6.07) is 174. The van der Waals surface area contributed by atoms with Crippen molar-refractivity contribution in [3.63, 3.8) is 0 Å². The first-order chi connectivity index (χ1) is 59.6. The van der Waals surface area contributed by atoms with Gasteiger partial charge in [0, 0.05) is 0 Å². The van der Waals surface area contributed by atoms with E-state index in [1.165, 1.54) is 230 Å². The smallest absolute Gasteiger partial charge is 0.00139 e. The Morgan fingerprint density at radius 3 is 0.617 bits per heavy atom. The third-order valence-electron chi connectivity index (χ3n) is 24.7. The fraction of sp³-hybridized carbons (Fsp3) is 0. The minimum absolute atomic E-state index is 1.21. The van der Waals surface area contributed by atoms with Crippen molar-refractivity contribution in [2.45, 2.75) is 0 Å². The van der Waals surface area contributed by atoms with E-state index in [0.29, 0.717) is 0 Å². The van der Waals surface area contributed by atoms with E-state index in [-0.39, 0.29) is 0 Å². The normalized spacial score (nSPS) is 11.5. The molecule has 120 heavy (non-hydrogen) atoms. The van der Waals surface area contributed by atoms with Crippen molar-refractivity contribution in [1.82, 2.24) is 0 Å². The summed E-state index contributed by atoms with van der Waals surface area (Å²) in [6.07, 6.45) is 0. The molecule has 23 rings (SSSR count). The van der Waals surface area contributed by atoms with Crippen LogP contribution in [0.4, 0.5) is 0 Å². The van der Waals surface area contributed by atoms with Gasteiger partial charge in [-0.15, -0.1) is 0 Å². The van der Waals surface area contributed by atoms with Gasteiger partial charge in [0.15, 0.2) is 0 Å². The van der Waals surface area contributed by atoms with E-state index in [4.69, 9.17) is 0 Å². The largest absolute Gasteiger partial charge is 0.0622 e. The lowest BCUT2D eigenvalue weighted by molar-refractivity contribution is 1.57. The predicted octanol–water partition coefficient (Wildman–Crippen LogP) is 33.8. The number of hydrogen-bond donors (Lipinski definition) is 0. The molecule has 23 aromatic rings. The zero-order valence-corrected chi connectivity index (χ0v) is 66.0. The summed E-state index contributed by atoms with van der Waals surface area (Å²) >= 11 is 0. The van der Waals surface area contributed by atoms with Crippen LogP contribution >= 0.6 is 0 Å². The average molecular weight is 1520 g/mol. The Labute approximate surface area is 698 Å². The minimum Gasteiger partial charge on any atom is -0.0622 e. The molecule has 0 unspecified atom stereocenters. The Balaban J connectivity index is 0.000000145. The van der Waals surface area contributed by atoms with Crippen LogP contribution < -0.4 is 0 Å². The zero-order valence-electron chi connectivity index (χ0n) is 66.0. The maximum Gasteiger partial charge on any atom is -0.00139 e. The molecule has 0 aromatic heterocycles. The Morgan fingerprint density at radius 1 is 0.0833 bits per heavy atom. The summed E-state index contributed by atoms with van der Waals surface area (Å²) in [5, 5.41) is 22.4. The molecule has 0 fully saturated rings. The van der Waals surface area contributed by atoms with Gasteiger partial charge in [-0.3, -0.25) is 0 Å². The SMILES string of the molecule is c1ccc(-c2ccccc2-c2ccccc2-c2c3ccccc3c(-c3c4ccccc4c(-c4ccccc4-c4ccccc4-c4ccccc4)c4ccccc34)c3ccccc23)cc1.c1ccc2cc(-c3ccc(-c4c5ccccc5c(-c5cc(-c6ccc7ccccc7c6)cc(-c6ccc7ccccc7c6)c5)c5ccccc45)cc3)ccc2c1. The molecule has 558 valence electrons. The van der Waals surface area contributed by atoms with Gasteiger partial charge in [0.2, 0.25) is 0 Å². The Kier molecular flexibility index (Phi) is 18.1. The highest BCUT2D eigenvalue weighted by Crippen LogP contribution is 2.54. The van der Waals surface area contributed by atoms with Crippen molar-refractivity contribution < 1.29 is 0 Å². The highest BCUT2D eigenvalue weighted by atomic mass is 14.3. The van der Waals surface area contributed by atoms with Crippen LogP contribution in [0.2, 0.25) is 0 Å². The average Bonchev–Trinajstić information content (AvgIpc) is 0.708.